The first kappa shape index (κ1) is 11.0. The number of aryl methyl sites for hydroxylation is 1. The molecule has 14 heavy (non-hydrogen) atoms. The van der Waals surface area contributed by atoms with Crippen LogP contribution in [0.25, 0.3) is 0 Å². The van der Waals surface area contributed by atoms with Gasteiger partial charge in [-0.05, 0) is 6.07 Å². The van der Waals surface area contributed by atoms with Gasteiger partial charge in [0.2, 0.25) is 0 Å². The maximum atomic E-state index is 12.1. The molecule has 0 saturated carbocycles. The fourth-order valence-corrected chi connectivity index (χ4v) is 1.07. The summed E-state index contributed by atoms with van der Waals surface area (Å²) in [6.45, 7) is 0. The molecule has 1 heterocycles. The number of hydrogen-bond donors (Lipinski definition) is 0. The molecule has 1 rings (SSSR count). The van der Waals surface area contributed by atoms with Gasteiger partial charge in [0.1, 0.15) is 5.69 Å². The molecule has 0 spiro atoms. The van der Waals surface area contributed by atoms with E-state index in [9.17, 15) is 18.0 Å². The van der Waals surface area contributed by atoms with Crippen LogP contribution in [0.1, 0.15) is 16.2 Å². The molecule has 0 N–H and O–H groups in total. The van der Waals surface area contributed by atoms with Crippen molar-refractivity contribution in [2.45, 2.75) is 6.18 Å². The third-order valence-corrected chi connectivity index (χ3v) is 1.82. The zero-order chi connectivity index (χ0) is 10.9. The number of Topliss-reactive ketones (excluding diaryl/α,β-unsaturated/α-hetero) is 1. The van der Waals surface area contributed by atoms with E-state index in [0.29, 0.717) is 6.07 Å². The van der Waals surface area contributed by atoms with Crippen LogP contribution >= 0.6 is 11.6 Å². The molecule has 7 heteroatoms. The van der Waals surface area contributed by atoms with Crippen molar-refractivity contribution in [2.75, 3.05) is 5.88 Å². The van der Waals surface area contributed by atoms with E-state index in [4.69, 9.17) is 11.6 Å². The minimum absolute atomic E-state index is 0.146. The number of aromatic nitrogens is 2. The Hall–Kier alpha value is -1.04. The van der Waals surface area contributed by atoms with Gasteiger partial charge in [-0.15, -0.1) is 11.6 Å². The Bertz CT molecular complexity index is 358. The van der Waals surface area contributed by atoms with E-state index in [0.717, 1.165) is 4.68 Å². The molecule has 0 bridgehead atoms. The third kappa shape index (κ3) is 2.06. The average Bonchev–Trinajstić information content (AvgIpc) is 2.45. The summed E-state index contributed by atoms with van der Waals surface area (Å²) in [5.41, 5.74) is -1.24. The minimum Gasteiger partial charge on any atom is -0.291 e. The molecule has 1 aromatic rings. The molecule has 0 aliphatic carbocycles. The highest BCUT2D eigenvalue weighted by Crippen LogP contribution is 2.28. The summed E-state index contributed by atoms with van der Waals surface area (Å²) >= 11 is 5.21. The number of halogens is 4. The van der Waals surface area contributed by atoms with Crippen LogP contribution in [0.5, 0.6) is 0 Å². The van der Waals surface area contributed by atoms with E-state index in [1.807, 2.05) is 0 Å². The molecule has 1 aromatic heterocycles. The van der Waals surface area contributed by atoms with Crippen LogP contribution in [0.3, 0.4) is 0 Å². The maximum absolute atomic E-state index is 12.1. The summed E-state index contributed by atoms with van der Waals surface area (Å²) in [5.74, 6) is -0.950. The summed E-state index contributed by atoms with van der Waals surface area (Å²) in [6.07, 6.45) is -4.54. The fraction of sp³-hybridized carbons (Fsp3) is 0.429. The first-order valence-corrected chi connectivity index (χ1v) is 4.10. The average molecular weight is 227 g/mol. The van der Waals surface area contributed by atoms with Gasteiger partial charge in [0.15, 0.2) is 11.5 Å². The lowest BCUT2D eigenvalue weighted by Gasteiger charge is -1.98. The van der Waals surface area contributed by atoms with Crippen molar-refractivity contribution in [3.05, 3.63) is 17.5 Å². The molecule has 0 aromatic carbocycles. The first-order valence-electron chi connectivity index (χ1n) is 3.56. The van der Waals surface area contributed by atoms with Crippen molar-refractivity contribution in [1.82, 2.24) is 9.78 Å². The topological polar surface area (TPSA) is 34.9 Å². The molecule has 78 valence electrons. The predicted molar refractivity (Wildman–Crippen MR) is 43.3 cm³/mol. The van der Waals surface area contributed by atoms with Gasteiger partial charge in [-0.2, -0.15) is 18.3 Å². The van der Waals surface area contributed by atoms with E-state index in [-0.39, 0.29) is 11.6 Å². The zero-order valence-electron chi connectivity index (χ0n) is 7.10. The van der Waals surface area contributed by atoms with Gasteiger partial charge < -0.3 is 0 Å². The number of hydrogen-bond acceptors (Lipinski definition) is 2. The Balaban J connectivity index is 3.12. The van der Waals surface area contributed by atoms with Crippen molar-refractivity contribution in [3.63, 3.8) is 0 Å². The van der Waals surface area contributed by atoms with Crippen LogP contribution in [0, 0.1) is 0 Å². The smallest absolute Gasteiger partial charge is 0.291 e. The molecule has 0 saturated heterocycles. The highest BCUT2D eigenvalue weighted by atomic mass is 35.5. The van der Waals surface area contributed by atoms with Crippen molar-refractivity contribution in [1.29, 1.82) is 0 Å². The van der Waals surface area contributed by atoms with Crippen molar-refractivity contribution >= 4 is 17.4 Å². The third-order valence-electron chi connectivity index (χ3n) is 1.58. The van der Waals surface area contributed by atoms with Gasteiger partial charge in [0.25, 0.3) is 0 Å². The molecule has 0 fully saturated rings. The fourth-order valence-electron chi connectivity index (χ4n) is 0.935. The van der Waals surface area contributed by atoms with Crippen LogP contribution in [-0.2, 0) is 13.2 Å². The molecule has 0 radical (unpaired) electrons. The van der Waals surface area contributed by atoms with Gasteiger partial charge >= 0.3 is 6.18 Å². The van der Waals surface area contributed by atoms with Crippen LogP contribution in [0.15, 0.2) is 6.07 Å². The lowest BCUT2D eigenvalue weighted by Crippen LogP contribution is -2.08. The molecule has 3 nitrogen and oxygen atoms in total. The Morgan fingerprint density at radius 3 is 2.57 bits per heavy atom. The first-order chi connectivity index (χ1) is 6.36. The lowest BCUT2D eigenvalue weighted by atomic mass is 10.3. The molecule has 0 aliphatic rings. The largest absolute Gasteiger partial charge is 0.435 e. The molecule has 0 atom stereocenters. The summed E-state index contributed by atoms with van der Waals surface area (Å²) < 4.78 is 37.3. The second-order valence-corrected chi connectivity index (χ2v) is 2.86. The highest BCUT2D eigenvalue weighted by molar-refractivity contribution is 6.30. The molecule has 0 amide bonds. The van der Waals surface area contributed by atoms with Crippen molar-refractivity contribution in [3.8, 4) is 0 Å². The van der Waals surface area contributed by atoms with Crippen LogP contribution in [-0.4, -0.2) is 21.4 Å². The number of rotatable bonds is 2. The minimum atomic E-state index is -4.54. The van der Waals surface area contributed by atoms with Crippen LogP contribution in [0.2, 0.25) is 0 Å². The maximum Gasteiger partial charge on any atom is 0.435 e. The molecule has 0 unspecified atom stereocenters. The van der Waals surface area contributed by atoms with E-state index >= 15 is 0 Å². The summed E-state index contributed by atoms with van der Waals surface area (Å²) in [7, 11) is 1.26. The number of alkyl halides is 4. The summed E-state index contributed by atoms with van der Waals surface area (Å²) in [6, 6.07) is 0.685. The number of ketones is 1. The number of nitrogens with zero attached hydrogens (tertiary/aromatic N) is 2. The van der Waals surface area contributed by atoms with E-state index in [1.165, 1.54) is 7.05 Å². The van der Waals surface area contributed by atoms with E-state index < -0.39 is 17.7 Å². The summed E-state index contributed by atoms with van der Waals surface area (Å²) in [5, 5.41) is 3.16. The van der Waals surface area contributed by atoms with Gasteiger partial charge in [-0.3, -0.25) is 9.48 Å². The van der Waals surface area contributed by atoms with Gasteiger partial charge in [0, 0.05) is 7.05 Å². The predicted octanol–water partition coefficient (Wildman–Crippen LogP) is 1.86. The Morgan fingerprint density at radius 1 is 1.64 bits per heavy atom. The lowest BCUT2D eigenvalue weighted by molar-refractivity contribution is -0.141. The van der Waals surface area contributed by atoms with Crippen LogP contribution < -0.4 is 0 Å². The Kier molecular flexibility index (Phi) is 2.84. The van der Waals surface area contributed by atoms with Crippen LogP contribution in [0.4, 0.5) is 13.2 Å². The monoisotopic (exact) mass is 226 g/mol. The van der Waals surface area contributed by atoms with Gasteiger partial charge in [-0.25, -0.2) is 0 Å². The summed E-state index contributed by atoms with van der Waals surface area (Å²) in [4.78, 5) is 11.0. The van der Waals surface area contributed by atoms with E-state index in [2.05, 4.69) is 5.10 Å². The second kappa shape index (κ2) is 3.61. The Morgan fingerprint density at radius 2 is 2.21 bits per heavy atom. The molecule has 0 aliphatic heterocycles. The quantitative estimate of drug-likeness (QED) is 0.570. The van der Waals surface area contributed by atoms with Gasteiger partial charge in [0.05, 0.1) is 5.88 Å². The number of carbonyl (C=O) groups excluding carboxylic acids is 1. The second-order valence-electron chi connectivity index (χ2n) is 2.59. The standard InChI is InChI=1S/C7H6ClF3N2O/c1-13-4(5(14)3-8)2-6(12-13)7(9,10)11/h2H,3H2,1H3. The molecular weight excluding hydrogens is 221 g/mol. The molecular formula is C7H6ClF3N2O. The SMILES string of the molecule is Cn1nc(C(F)(F)F)cc1C(=O)CCl. The van der Waals surface area contributed by atoms with E-state index in [1.54, 1.807) is 0 Å². The van der Waals surface area contributed by atoms with Gasteiger partial charge in [-0.1, -0.05) is 0 Å². The number of carbonyl (C=O) groups is 1. The normalized spacial score (nSPS) is 11.8. The van der Waals surface area contributed by atoms with Crippen molar-refractivity contribution < 1.29 is 18.0 Å². The highest BCUT2D eigenvalue weighted by Gasteiger charge is 2.35. The van der Waals surface area contributed by atoms with Crippen molar-refractivity contribution in [2.24, 2.45) is 7.05 Å². The Labute approximate surface area is 82.5 Å². The zero-order valence-corrected chi connectivity index (χ0v) is 7.85.